The fourth-order valence-electron chi connectivity index (χ4n) is 3.21. The molecule has 4 heteroatoms. The van der Waals surface area contributed by atoms with Crippen LogP contribution in [0.15, 0.2) is 48.8 Å². The first-order chi connectivity index (χ1) is 10.5. The summed E-state index contributed by atoms with van der Waals surface area (Å²) in [5, 5.41) is 0. The molecule has 2 aromatic carbocycles. The second-order valence-electron chi connectivity index (χ2n) is 5.90. The van der Waals surface area contributed by atoms with E-state index in [1.54, 1.807) is 0 Å². The molecule has 0 saturated heterocycles. The van der Waals surface area contributed by atoms with Crippen molar-refractivity contribution >= 4 is 39.5 Å². The summed E-state index contributed by atoms with van der Waals surface area (Å²) >= 11 is -2.62. The van der Waals surface area contributed by atoms with E-state index in [0.717, 1.165) is 0 Å². The van der Waals surface area contributed by atoms with Gasteiger partial charge in [-0.25, -0.2) is 0 Å². The van der Waals surface area contributed by atoms with Gasteiger partial charge in [-0.2, -0.15) is 0 Å². The van der Waals surface area contributed by atoms with Crippen LogP contribution in [0.4, 0.5) is 11.4 Å². The fraction of sp³-hybridized carbons (Fsp3) is 0.222. The molecule has 114 valence electrons. The van der Waals surface area contributed by atoms with Crippen LogP contribution in [0.5, 0.6) is 0 Å². The topological polar surface area (TPSA) is 6.48 Å². The third kappa shape index (κ3) is 2.63. The standard InChI is InChI=1S/C18H20N2.ClH.Sn.H/c1-13-7-5-8-14(2)17(13)19-11-12-20-18-15(3)9-6-10-16(18)4;;;/h5-12H,1-4H3;1H;;/q-2;;+3;/p-1. The number of hydrogen-bond acceptors (Lipinski definition) is 2. The van der Waals surface area contributed by atoms with E-state index in [4.69, 9.17) is 8.92 Å². The normalized spacial score (nSPS) is 15.0. The fourth-order valence-corrected chi connectivity index (χ4v) is 10.9. The Bertz CT molecular complexity index is 640. The van der Waals surface area contributed by atoms with Gasteiger partial charge in [0, 0.05) is 0 Å². The number of nitrogens with zero attached hydrogens (tertiary/aromatic N) is 2. The Balaban J connectivity index is 2.00. The number of aryl methyl sites for hydroxylation is 4. The number of rotatable bonds is 2. The number of benzene rings is 2. The maximum atomic E-state index is 7.00. The molecule has 0 bridgehead atoms. The van der Waals surface area contributed by atoms with Crippen molar-refractivity contribution in [3.63, 3.8) is 0 Å². The predicted molar refractivity (Wildman–Crippen MR) is 98.9 cm³/mol. The summed E-state index contributed by atoms with van der Waals surface area (Å²) in [6.45, 7) is 8.64. The van der Waals surface area contributed by atoms with E-state index >= 15 is 0 Å². The van der Waals surface area contributed by atoms with Gasteiger partial charge in [-0.1, -0.05) is 0 Å². The Morgan fingerprint density at radius 1 is 0.682 bits per heavy atom. The van der Waals surface area contributed by atoms with Crippen molar-refractivity contribution in [2.24, 2.45) is 0 Å². The Morgan fingerprint density at radius 2 is 1.00 bits per heavy atom. The molecule has 1 aliphatic rings. The van der Waals surface area contributed by atoms with E-state index in [0.29, 0.717) is 0 Å². The van der Waals surface area contributed by atoms with Crippen molar-refractivity contribution in [2.75, 3.05) is 6.24 Å². The average molecular weight is 420 g/mol. The van der Waals surface area contributed by atoms with Crippen molar-refractivity contribution in [3.05, 3.63) is 71.1 Å². The Morgan fingerprint density at radius 3 is 1.32 bits per heavy atom. The minimum absolute atomic E-state index is 1.28. The molecular formula is C18H21ClN2Sn. The molecule has 0 N–H and O–H groups in total. The Hall–Kier alpha value is -1.13. The van der Waals surface area contributed by atoms with Gasteiger partial charge in [-0.3, -0.25) is 0 Å². The average Bonchev–Trinajstić information content (AvgIpc) is 2.81. The molecule has 0 unspecified atom stereocenters. The Kier molecular flexibility index (Phi) is 4.42. The molecule has 0 fully saturated rings. The molecule has 0 aliphatic carbocycles. The molecule has 2 aromatic rings. The van der Waals surface area contributed by atoms with Gasteiger partial charge in [0.05, 0.1) is 0 Å². The van der Waals surface area contributed by atoms with Gasteiger partial charge in [-0.15, -0.1) is 0 Å². The van der Waals surface area contributed by atoms with E-state index in [1.807, 2.05) is 0 Å². The van der Waals surface area contributed by atoms with Crippen LogP contribution in [0.2, 0.25) is 0 Å². The summed E-state index contributed by atoms with van der Waals surface area (Å²) in [6.07, 6.45) is 4.32. The van der Waals surface area contributed by atoms with Crippen LogP contribution < -0.4 is 6.24 Å². The van der Waals surface area contributed by atoms with Crippen LogP contribution in [0.3, 0.4) is 0 Å². The molecule has 0 spiro atoms. The van der Waals surface area contributed by atoms with E-state index in [-0.39, 0.29) is 0 Å². The number of para-hydroxylation sites is 2. The summed E-state index contributed by atoms with van der Waals surface area (Å²) in [6, 6.07) is 12.9. The third-order valence-electron chi connectivity index (χ3n) is 4.24. The van der Waals surface area contributed by atoms with Crippen LogP contribution in [-0.4, -0.2) is 19.2 Å². The van der Waals surface area contributed by atoms with Crippen LogP contribution in [0, 0.1) is 27.7 Å². The molecule has 0 aromatic heterocycles. The summed E-state index contributed by atoms with van der Waals surface area (Å²) in [4.78, 5) is 0. The van der Waals surface area contributed by atoms with E-state index in [9.17, 15) is 0 Å². The molecular weight excluding hydrogens is 398 g/mol. The van der Waals surface area contributed by atoms with Gasteiger partial charge in [0.1, 0.15) is 0 Å². The zero-order chi connectivity index (χ0) is 15.9. The predicted octanol–water partition coefficient (Wildman–Crippen LogP) is 4.67. The molecule has 1 aliphatic heterocycles. The van der Waals surface area contributed by atoms with Gasteiger partial charge in [0.2, 0.25) is 0 Å². The molecule has 2 nitrogen and oxygen atoms in total. The zero-order valence-corrected chi connectivity index (χ0v) is 17.5. The summed E-state index contributed by atoms with van der Waals surface area (Å²) < 4.78 is 4.69. The van der Waals surface area contributed by atoms with Crippen molar-refractivity contribution in [2.45, 2.75) is 27.7 Å². The Labute approximate surface area is 144 Å². The summed E-state index contributed by atoms with van der Waals surface area (Å²) in [7, 11) is 7.00. The first-order valence-corrected chi connectivity index (χ1v) is 14.6. The van der Waals surface area contributed by atoms with Crippen LogP contribution in [0.25, 0.3) is 0 Å². The second kappa shape index (κ2) is 6.17. The molecule has 0 amide bonds. The second-order valence-corrected chi connectivity index (χ2v) is 13.5. The van der Waals surface area contributed by atoms with Crippen LogP contribution in [-0.2, 0) is 0 Å². The van der Waals surface area contributed by atoms with E-state index in [2.05, 4.69) is 82.7 Å². The van der Waals surface area contributed by atoms with Crippen molar-refractivity contribution in [3.8, 4) is 0 Å². The number of hydrogen-bond donors (Lipinski definition) is 0. The minimum atomic E-state index is -2.62. The molecule has 0 atom stereocenters. The van der Waals surface area contributed by atoms with Gasteiger partial charge < -0.3 is 0 Å². The summed E-state index contributed by atoms with van der Waals surface area (Å²) in [5.74, 6) is 0. The molecule has 0 saturated carbocycles. The number of anilines is 2. The van der Waals surface area contributed by atoms with Crippen molar-refractivity contribution in [1.82, 2.24) is 0 Å². The van der Waals surface area contributed by atoms with Crippen LogP contribution >= 0.6 is 8.92 Å². The van der Waals surface area contributed by atoms with E-state index < -0.39 is 19.2 Å². The first-order valence-electron chi connectivity index (χ1n) is 7.52. The molecule has 3 rings (SSSR count). The van der Waals surface area contributed by atoms with Gasteiger partial charge in [0.25, 0.3) is 0 Å². The van der Waals surface area contributed by atoms with Gasteiger partial charge in [0.15, 0.2) is 0 Å². The molecule has 1 heterocycles. The summed E-state index contributed by atoms with van der Waals surface area (Å²) in [5.41, 5.74) is 7.71. The molecule has 22 heavy (non-hydrogen) atoms. The maximum absolute atomic E-state index is 7.00. The van der Waals surface area contributed by atoms with E-state index in [1.165, 1.54) is 33.6 Å². The number of halogens is 1. The van der Waals surface area contributed by atoms with Crippen LogP contribution in [0.1, 0.15) is 22.3 Å². The SMILES string of the molecule is Cc1cccc(C)c1[N]1C=C[N](c2c(C)cccc2C)[SnH]1[Cl]. The third-order valence-corrected chi connectivity index (χ3v) is 12.1. The van der Waals surface area contributed by atoms with Crippen molar-refractivity contribution < 1.29 is 0 Å². The first kappa shape index (κ1) is 15.8. The van der Waals surface area contributed by atoms with Gasteiger partial charge >= 0.3 is 144 Å². The van der Waals surface area contributed by atoms with Crippen molar-refractivity contribution in [1.29, 1.82) is 0 Å². The zero-order valence-electron chi connectivity index (χ0n) is 13.5. The van der Waals surface area contributed by atoms with Gasteiger partial charge in [-0.05, 0) is 0 Å². The molecule has 0 radical (unpaired) electrons. The monoisotopic (exact) mass is 420 g/mol. The quantitative estimate of drug-likeness (QED) is 0.653.